The smallest absolute Gasteiger partial charge is 0.349 e. The van der Waals surface area contributed by atoms with Crippen molar-refractivity contribution in [1.82, 2.24) is 19.5 Å². The molecule has 4 aromatic rings. The third-order valence-corrected chi connectivity index (χ3v) is 4.93. The van der Waals surface area contributed by atoms with Crippen LogP contribution in [0.4, 0.5) is 0 Å². The molecule has 0 atom stereocenters. The minimum Gasteiger partial charge on any atom is -0.422 e. The topological polar surface area (TPSA) is 80.7 Å². The van der Waals surface area contributed by atoms with E-state index in [0.717, 1.165) is 28.0 Å². The van der Waals surface area contributed by atoms with Crippen molar-refractivity contribution < 1.29 is 9.21 Å². The lowest BCUT2D eigenvalue weighted by atomic mass is 10.1. The van der Waals surface area contributed by atoms with Gasteiger partial charge in [0.1, 0.15) is 11.1 Å². The van der Waals surface area contributed by atoms with E-state index in [9.17, 15) is 9.59 Å². The number of hydrogen-bond donors (Lipinski definition) is 0. The van der Waals surface area contributed by atoms with Gasteiger partial charge in [0.05, 0.1) is 11.4 Å². The van der Waals surface area contributed by atoms with Gasteiger partial charge in [-0.1, -0.05) is 18.2 Å². The largest absolute Gasteiger partial charge is 0.422 e. The third kappa shape index (κ3) is 2.51. The average Bonchev–Trinajstić information content (AvgIpc) is 3.07. The number of para-hydroxylation sites is 1. The third-order valence-electron chi connectivity index (χ3n) is 4.93. The molecule has 0 saturated carbocycles. The Morgan fingerprint density at radius 3 is 2.96 bits per heavy atom. The number of amides is 1. The van der Waals surface area contributed by atoms with Crippen LogP contribution < -0.4 is 5.63 Å². The van der Waals surface area contributed by atoms with E-state index in [0.29, 0.717) is 25.1 Å². The zero-order valence-electron chi connectivity index (χ0n) is 14.7. The highest BCUT2D eigenvalue weighted by Gasteiger charge is 2.26. The Morgan fingerprint density at radius 2 is 2.07 bits per heavy atom. The fraction of sp³-hybridized carbons (Fsp3) is 0.200. The molecule has 0 bridgehead atoms. The van der Waals surface area contributed by atoms with Crippen LogP contribution in [-0.4, -0.2) is 31.9 Å². The van der Waals surface area contributed by atoms with Crippen LogP contribution in [0.25, 0.3) is 16.6 Å². The predicted molar refractivity (Wildman–Crippen MR) is 98.7 cm³/mol. The molecule has 0 unspecified atom stereocenters. The van der Waals surface area contributed by atoms with E-state index >= 15 is 0 Å². The SMILES string of the molecule is Cc1cc2ncc3c(n2n1)CCN(C(=O)c1cc2ccccc2oc1=O)C3. The number of benzene rings is 1. The Balaban J connectivity index is 1.51. The molecule has 0 saturated heterocycles. The fourth-order valence-electron chi connectivity index (χ4n) is 3.61. The molecule has 7 heteroatoms. The van der Waals surface area contributed by atoms with Crippen molar-refractivity contribution in [3.05, 3.63) is 75.5 Å². The summed E-state index contributed by atoms with van der Waals surface area (Å²) < 4.78 is 7.15. The second-order valence-corrected chi connectivity index (χ2v) is 6.75. The molecule has 4 heterocycles. The van der Waals surface area contributed by atoms with Gasteiger partial charge in [0.2, 0.25) is 0 Å². The average molecular weight is 360 g/mol. The van der Waals surface area contributed by atoms with Crippen LogP contribution in [0.2, 0.25) is 0 Å². The summed E-state index contributed by atoms with van der Waals surface area (Å²) in [6.45, 7) is 2.83. The minimum absolute atomic E-state index is 0.0566. The van der Waals surface area contributed by atoms with Crippen molar-refractivity contribution in [3.63, 3.8) is 0 Å². The number of fused-ring (bicyclic) bond motifs is 4. The first-order valence-corrected chi connectivity index (χ1v) is 8.75. The normalized spacial score (nSPS) is 13.9. The van der Waals surface area contributed by atoms with E-state index < -0.39 is 5.63 Å². The van der Waals surface area contributed by atoms with Gasteiger partial charge in [0, 0.05) is 42.7 Å². The maximum atomic E-state index is 13.0. The summed E-state index contributed by atoms with van der Waals surface area (Å²) in [5.41, 5.74) is 3.63. The molecule has 0 aliphatic carbocycles. The number of rotatable bonds is 1. The van der Waals surface area contributed by atoms with E-state index in [1.165, 1.54) is 0 Å². The summed E-state index contributed by atoms with van der Waals surface area (Å²) in [6, 6.07) is 10.7. The number of aryl methyl sites for hydroxylation is 1. The van der Waals surface area contributed by atoms with Crippen LogP contribution in [0.5, 0.6) is 0 Å². The molecule has 1 aromatic carbocycles. The van der Waals surface area contributed by atoms with Crippen LogP contribution >= 0.6 is 0 Å². The van der Waals surface area contributed by atoms with Crippen molar-refractivity contribution >= 4 is 22.5 Å². The monoisotopic (exact) mass is 360 g/mol. The molecule has 3 aromatic heterocycles. The summed E-state index contributed by atoms with van der Waals surface area (Å²) in [5.74, 6) is -0.322. The molecule has 5 rings (SSSR count). The lowest BCUT2D eigenvalue weighted by Crippen LogP contribution is -2.38. The van der Waals surface area contributed by atoms with Crippen molar-refractivity contribution in [2.24, 2.45) is 0 Å². The minimum atomic E-state index is -0.610. The first-order chi connectivity index (χ1) is 13.1. The summed E-state index contributed by atoms with van der Waals surface area (Å²) >= 11 is 0. The summed E-state index contributed by atoms with van der Waals surface area (Å²) in [5, 5.41) is 5.22. The maximum absolute atomic E-state index is 13.0. The summed E-state index contributed by atoms with van der Waals surface area (Å²) in [4.78, 5) is 31.3. The summed E-state index contributed by atoms with van der Waals surface area (Å²) in [6.07, 6.45) is 2.44. The van der Waals surface area contributed by atoms with Crippen LogP contribution in [0.1, 0.15) is 27.3 Å². The van der Waals surface area contributed by atoms with E-state index in [2.05, 4.69) is 10.1 Å². The van der Waals surface area contributed by atoms with Gasteiger partial charge in [-0.05, 0) is 19.1 Å². The molecule has 0 N–H and O–H groups in total. The first kappa shape index (κ1) is 15.7. The molecule has 27 heavy (non-hydrogen) atoms. The second-order valence-electron chi connectivity index (χ2n) is 6.75. The molecule has 1 aliphatic heterocycles. The van der Waals surface area contributed by atoms with Gasteiger partial charge >= 0.3 is 5.63 Å². The second kappa shape index (κ2) is 5.77. The molecule has 1 aliphatic rings. The fourth-order valence-corrected chi connectivity index (χ4v) is 3.61. The molecular formula is C20H16N4O3. The van der Waals surface area contributed by atoms with Crippen LogP contribution in [0.3, 0.4) is 0 Å². The van der Waals surface area contributed by atoms with Gasteiger partial charge < -0.3 is 9.32 Å². The zero-order chi connectivity index (χ0) is 18.5. The molecule has 0 spiro atoms. The van der Waals surface area contributed by atoms with Crippen LogP contribution in [0.15, 0.2) is 51.8 Å². The highest BCUT2D eigenvalue weighted by molar-refractivity contribution is 5.96. The van der Waals surface area contributed by atoms with Gasteiger partial charge in [0.15, 0.2) is 5.65 Å². The Labute approximate surface area is 153 Å². The standard InChI is InChI=1S/C20H16N4O3/c1-12-8-18-21-10-14-11-23(7-6-16(14)24(18)22-12)19(25)15-9-13-4-2-3-5-17(13)27-20(15)26/h2-5,8-10H,6-7,11H2,1H3. The Hall–Kier alpha value is -3.48. The summed E-state index contributed by atoms with van der Waals surface area (Å²) in [7, 11) is 0. The van der Waals surface area contributed by atoms with Crippen LogP contribution in [-0.2, 0) is 13.0 Å². The number of carbonyl (C=O) groups is 1. The molecule has 0 fully saturated rings. The lowest BCUT2D eigenvalue weighted by molar-refractivity contribution is 0.0728. The molecular weight excluding hydrogens is 344 g/mol. The van der Waals surface area contributed by atoms with Gasteiger partial charge in [-0.25, -0.2) is 14.3 Å². The number of aromatic nitrogens is 3. The highest BCUT2D eigenvalue weighted by Crippen LogP contribution is 2.21. The first-order valence-electron chi connectivity index (χ1n) is 8.75. The Bertz CT molecular complexity index is 1270. The molecule has 7 nitrogen and oxygen atoms in total. The van der Waals surface area contributed by atoms with Crippen molar-refractivity contribution in [3.8, 4) is 0 Å². The van der Waals surface area contributed by atoms with E-state index in [1.54, 1.807) is 29.3 Å². The quantitative estimate of drug-likeness (QED) is 0.487. The van der Waals surface area contributed by atoms with E-state index in [1.807, 2.05) is 29.6 Å². The number of hydrogen-bond acceptors (Lipinski definition) is 5. The van der Waals surface area contributed by atoms with Crippen molar-refractivity contribution in [2.75, 3.05) is 6.54 Å². The number of carbonyl (C=O) groups excluding carboxylic acids is 1. The maximum Gasteiger partial charge on any atom is 0.349 e. The van der Waals surface area contributed by atoms with Gasteiger partial charge in [-0.3, -0.25) is 4.79 Å². The Morgan fingerprint density at radius 1 is 1.22 bits per heavy atom. The van der Waals surface area contributed by atoms with Crippen molar-refractivity contribution in [1.29, 1.82) is 0 Å². The lowest BCUT2D eigenvalue weighted by Gasteiger charge is -2.28. The molecule has 0 radical (unpaired) electrons. The van der Waals surface area contributed by atoms with Gasteiger partial charge in [-0.15, -0.1) is 0 Å². The van der Waals surface area contributed by atoms with Crippen molar-refractivity contribution in [2.45, 2.75) is 19.9 Å². The van der Waals surface area contributed by atoms with Crippen LogP contribution in [0, 0.1) is 6.92 Å². The number of nitrogens with zero attached hydrogens (tertiary/aromatic N) is 4. The molecule has 1 amide bonds. The highest BCUT2D eigenvalue weighted by atomic mass is 16.4. The van der Waals surface area contributed by atoms with Gasteiger partial charge in [-0.2, -0.15) is 5.10 Å². The van der Waals surface area contributed by atoms with Gasteiger partial charge in [0.25, 0.3) is 5.91 Å². The van der Waals surface area contributed by atoms with E-state index in [4.69, 9.17) is 4.42 Å². The van der Waals surface area contributed by atoms with E-state index in [-0.39, 0.29) is 11.5 Å². The Kier molecular flexibility index (Phi) is 3.36. The predicted octanol–water partition coefficient (Wildman–Crippen LogP) is 2.34. The molecule has 134 valence electrons. The zero-order valence-corrected chi connectivity index (χ0v) is 14.7.